The van der Waals surface area contributed by atoms with Crippen molar-refractivity contribution in [1.82, 2.24) is 4.72 Å². The first kappa shape index (κ1) is 18.9. The van der Waals surface area contributed by atoms with Crippen LogP contribution in [0, 0.1) is 0 Å². The number of hydrogen-bond donors (Lipinski definition) is 2. The molecule has 0 atom stereocenters. The summed E-state index contributed by atoms with van der Waals surface area (Å²) in [5, 5.41) is 2.47. The van der Waals surface area contributed by atoms with Gasteiger partial charge in [-0.25, -0.2) is 8.42 Å². The number of aliphatic imine (C=N–C) groups is 1. The molecular weight excluding hydrogens is 383 g/mol. The van der Waals surface area contributed by atoms with E-state index in [1.807, 2.05) is 0 Å². The number of rotatable bonds is 4. The normalized spacial score (nSPS) is 16.6. The number of hydrogen-bond acceptors (Lipinski definition) is 4. The maximum Gasteiger partial charge on any atom is 0.416 e. The summed E-state index contributed by atoms with van der Waals surface area (Å²) in [7, 11) is -3.64. The maximum absolute atomic E-state index is 12.5. The number of amides is 1. The molecule has 2 aromatic rings. The molecule has 1 heterocycles. The number of amidine groups is 1. The second-order valence-corrected chi connectivity index (χ2v) is 7.36. The molecule has 0 fully saturated rings. The van der Waals surface area contributed by atoms with Gasteiger partial charge in [-0.2, -0.15) is 13.2 Å². The van der Waals surface area contributed by atoms with Crippen LogP contribution in [-0.4, -0.2) is 26.7 Å². The molecule has 27 heavy (non-hydrogen) atoms. The molecular formula is C17H14F3N3O3S. The van der Waals surface area contributed by atoms with Crippen LogP contribution >= 0.6 is 0 Å². The molecule has 10 heteroatoms. The van der Waals surface area contributed by atoms with Crippen molar-refractivity contribution in [2.45, 2.75) is 17.5 Å². The molecule has 0 bridgehead atoms. The van der Waals surface area contributed by atoms with E-state index in [4.69, 9.17) is 0 Å². The molecule has 1 amide bonds. The zero-order valence-electron chi connectivity index (χ0n) is 13.7. The molecule has 1 aliphatic rings. The molecule has 6 nitrogen and oxygen atoms in total. The number of alkyl halides is 3. The van der Waals surface area contributed by atoms with E-state index >= 15 is 0 Å². The van der Waals surface area contributed by atoms with Crippen LogP contribution in [0.4, 0.5) is 18.9 Å². The van der Waals surface area contributed by atoms with Crippen molar-refractivity contribution in [3.8, 4) is 0 Å². The highest BCUT2D eigenvalue weighted by Crippen LogP contribution is 2.29. The van der Waals surface area contributed by atoms with Gasteiger partial charge in [0.15, 0.2) is 0 Å². The molecule has 0 spiro atoms. The Balaban J connectivity index is 1.60. The fourth-order valence-corrected chi connectivity index (χ4v) is 3.74. The predicted octanol–water partition coefficient (Wildman–Crippen LogP) is 2.77. The average molecular weight is 397 g/mol. The van der Waals surface area contributed by atoms with Gasteiger partial charge in [0.25, 0.3) is 10.0 Å². The molecule has 142 valence electrons. The highest BCUT2D eigenvalue weighted by molar-refractivity contribution is 7.90. The Bertz CT molecular complexity index is 1000. The molecule has 3 rings (SSSR count). The summed E-state index contributed by atoms with van der Waals surface area (Å²) in [6.45, 7) is 0.0126. The van der Waals surface area contributed by atoms with E-state index < -0.39 is 27.7 Å². The highest BCUT2D eigenvalue weighted by Gasteiger charge is 2.30. The van der Waals surface area contributed by atoms with Crippen LogP contribution in [0.1, 0.15) is 17.5 Å². The lowest BCUT2D eigenvalue weighted by Gasteiger charge is -2.08. The number of benzene rings is 2. The van der Waals surface area contributed by atoms with Gasteiger partial charge in [-0.15, -0.1) is 0 Å². The van der Waals surface area contributed by atoms with Gasteiger partial charge in [0.2, 0.25) is 5.91 Å². The van der Waals surface area contributed by atoms with E-state index in [-0.39, 0.29) is 29.4 Å². The predicted molar refractivity (Wildman–Crippen MR) is 92.9 cm³/mol. The molecule has 1 aliphatic heterocycles. The third kappa shape index (κ3) is 4.27. The number of nitrogens with zero attached hydrogens (tertiary/aromatic N) is 1. The molecule has 0 aromatic heterocycles. The van der Waals surface area contributed by atoms with E-state index in [9.17, 15) is 26.4 Å². The van der Waals surface area contributed by atoms with Gasteiger partial charge >= 0.3 is 6.18 Å². The van der Waals surface area contributed by atoms with Crippen LogP contribution in [0.2, 0.25) is 0 Å². The van der Waals surface area contributed by atoms with E-state index in [2.05, 4.69) is 15.0 Å². The van der Waals surface area contributed by atoms with Gasteiger partial charge in [0, 0.05) is 17.7 Å². The monoisotopic (exact) mass is 397 g/mol. The molecule has 0 radical (unpaired) electrons. The van der Waals surface area contributed by atoms with Crippen molar-refractivity contribution in [3.63, 3.8) is 0 Å². The Labute approximate surface area is 153 Å². The van der Waals surface area contributed by atoms with E-state index in [0.717, 1.165) is 24.3 Å². The minimum atomic E-state index is -4.44. The number of carbonyl (C=O) groups is 1. The Morgan fingerprint density at radius 3 is 2.41 bits per heavy atom. The largest absolute Gasteiger partial charge is 0.416 e. The van der Waals surface area contributed by atoms with Crippen LogP contribution in [-0.2, 0) is 21.0 Å². The summed E-state index contributed by atoms with van der Waals surface area (Å²) >= 11 is 0. The van der Waals surface area contributed by atoms with Crippen molar-refractivity contribution in [1.29, 1.82) is 0 Å². The van der Waals surface area contributed by atoms with Crippen molar-refractivity contribution in [3.05, 3.63) is 59.7 Å². The van der Waals surface area contributed by atoms with Gasteiger partial charge in [-0.3, -0.25) is 14.5 Å². The SMILES string of the molecule is O=C(CCN=C1NS(=O)(=O)c2ccccc21)Nc1ccc(C(F)(F)F)cc1. The Kier molecular flexibility index (Phi) is 4.92. The van der Waals surface area contributed by atoms with Crippen molar-refractivity contribution in [2.24, 2.45) is 4.99 Å². The van der Waals surface area contributed by atoms with Crippen LogP contribution in [0.15, 0.2) is 58.4 Å². The van der Waals surface area contributed by atoms with Gasteiger partial charge < -0.3 is 5.32 Å². The first-order valence-electron chi connectivity index (χ1n) is 7.80. The van der Waals surface area contributed by atoms with Gasteiger partial charge in [0.1, 0.15) is 5.84 Å². The van der Waals surface area contributed by atoms with Gasteiger partial charge in [-0.05, 0) is 36.4 Å². The van der Waals surface area contributed by atoms with Crippen molar-refractivity contribution in [2.75, 3.05) is 11.9 Å². The third-order valence-corrected chi connectivity index (χ3v) is 5.16. The van der Waals surface area contributed by atoms with Gasteiger partial charge in [-0.1, -0.05) is 12.1 Å². The highest BCUT2D eigenvalue weighted by atomic mass is 32.2. The molecule has 2 aromatic carbocycles. The standard InChI is InChI=1S/C17H14F3N3O3S/c18-17(19,20)11-5-7-12(8-6-11)22-15(24)9-10-21-16-13-3-1-2-4-14(13)27(25,26)23-16/h1-8H,9-10H2,(H,21,23)(H,22,24). The summed E-state index contributed by atoms with van der Waals surface area (Å²) in [5.74, 6) is -0.291. The lowest BCUT2D eigenvalue weighted by Crippen LogP contribution is -2.23. The summed E-state index contributed by atoms with van der Waals surface area (Å²) in [4.78, 5) is 16.1. The molecule has 2 N–H and O–H groups in total. The quantitative estimate of drug-likeness (QED) is 0.832. The van der Waals surface area contributed by atoms with Crippen LogP contribution < -0.4 is 10.0 Å². The Morgan fingerprint density at radius 2 is 1.74 bits per heavy atom. The number of sulfonamides is 1. The Hall–Kier alpha value is -2.88. The number of carbonyl (C=O) groups excluding carboxylic acids is 1. The maximum atomic E-state index is 12.5. The second-order valence-electron chi connectivity index (χ2n) is 5.71. The van der Waals surface area contributed by atoms with Crippen LogP contribution in [0.5, 0.6) is 0 Å². The molecule has 0 unspecified atom stereocenters. The molecule has 0 saturated heterocycles. The lowest BCUT2D eigenvalue weighted by molar-refractivity contribution is -0.137. The number of nitrogens with one attached hydrogen (secondary N) is 2. The third-order valence-electron chi connectivity index (χ3n) is 3.77. The van der Waals surface area contributed by atoms with Crippen LogP contribution in [0.25, 0.3) is 0 Å². The summed E-state index contributed by atoms with van der Waals surface area (Å²) in [6.07, 6.45) is -4.50. The van der Waals surface area contributed by atoms with Crippen LogP contribution in [0.3, 0.4) is 0 Å². The van der Waals surface area contributed by atoms with Crippen molar-refractivity contribution >= 4 is 27.5 Å². The second kappa shape index (κ2) is 7.03. The Morgan fingerprint density at radius 1 is 1.07 bits per heavy atom. The van der Waals surface area contributed by atoms with Crippen molar-refractivity contribution < 1.29 is 26.4 Å². The number of anilines is 1. The number of fused-ring (bicyclic) bond motifs is 1. The molecule has 0 saturated carbocycles. The summed E-state index contributed by atoms with van der Waals surface area (Å²) < 4.78 is 63.7. The van der Waals surface area contributed by atoms with E-state index in [0.29, 0.717) is 5.56 Å². The van der Waals surface area contributed by atoms with E-state index in [1.54, 1.807) is 18.2 Å². The lowest BCUT2D eigenvalue weighted by atomic mass is 10.2. The fourth-order valence-electron chi connectivity index (χ4n) is 2.49. The summed E-state index contributed by atoms with van der Waals surface area (Å²) in [6, 6.07) is 10.4. The minimum absolute atomic E-state index is 0.0126. The smallest absolute Gasteiger partial charge is 0.326 e. The van der Waals surface area contributed by atoms with E-state index in [1.165, 1.54) is 6.07 Å². The topological polar surface area (TPSA) is 87.6 Å². The molecule has 0 aliphatic carbocycles. The zero-order chi connectivity index (χ0) is 19.7. The zero-order valence-corrected chi connectivity index (χ0v) is 14.6. The first-order valence-corrected chi connectivity index (χ1v) is 9.29. The number of halogens is 3. The minimum Gasteiger partial charge on any atom is -0.326 e. The average Bonchev–Trinajstić information content (AvgIpc) is 2.86. The fraction of sp³-hybridized carbons (Fsp3) is 0.176. The first-order chi connectivity index (χ1) is 12.7. The van der Waals surface area contributed by atoms with Gasteiger partial charge in [0.05, 0.1) is 17.0 Å². The summed E-state index contributed by atoms with van der Waals surface area (Å²) in [5.41, 5.74) is -0.146.